The van der Waals surface area contributed by atoms with Crippen LogP contribution in [0, 0.1) is 12.7 Å². The molecule has 3 aromatic carbocycles. The lowest BCUT2D eigenvalue weighted by atomic mass is 9.95. The highest BCUT2D eigenvalue weighted by molar-refractivity contribution is 6.46. The van der Waals surface area contributed by atoms with Gasteiger partial charge in [0.2, 0.25) is 0 Å². The number of aryl methyl sites for hydroxylation is 1. The minimum absolute atomic E-state index is 0.0150. The molecule has 1 saturated heterocycles. The van der Waals surface area contributed by atoms with Crippen molar-refractivity contribution in [2.24, 2.45) is 0 Å². The highest BCUT2D eigenvalue weighted by atomic mass is 19.1. The van der Waals surface area contributed by atoms with Crippen LogP contribution in [0.15, 0.2) is 78.4 Å². The molecule has 1 aliphatic rings. The number of aliphatic hydroxyl groups is 1. The van der Waals surface area contributed by atoms with Gasteiger partial charge in [-0.15, -0.1) is 0 Å². The van der Waals surface area contributed by atoms with Gasteiger partial charge in [-0.05, 0) is 68.5 Å². The van der Waals surface area contributed by atoms with Crippen LogP contribution in [0.3, 0.4) is 0 Å². The van der Waals surface area contributed by atoms with Gasteiger partial charge >= 0.3 is 0 Å². The molecule has 0 radical (unpaired) electrons. The third kappa shape index (κ3) is 5.47. The van der Waals surface area contributed by atoms with Crippen molar-refractivity contribution in [3.05, 3.63) is 106 Å². The predicted molar refractivity (Wildman–Crippen MR) is 136 cm³/mol. The summed E-state index contributed by atoms with van der Waals surface area (Å²) < 4.78 is 19.5. The lowest BCUT2D eigenvalue weighted by Crippen LogP contribution is -2.35. The smallest absolute Gasteiger partial charge is 0.295 e. The number of aliphatic hydroxyl groups excluding tert-OH is 1. The van der Waals surface area contributed by atoms with Gasteiger partial charge in [-0.1, -0.05) is 42.0 Å². The van der Waals surface area contributed by atoms with Gasteiger partial charge in [-0.2, -0.15) is 0 Å². The molecule has 0 saturated carbocycles. The van der Waals surface area contributed by atoms with Crippen molar-refractivity contribution >= 4 is 17.4 Å². The quantitative estimate of drug-likeness (QED) is 0.283. The SMILES string of the molecule is Cc1cccc(COc2ccc(C(O)=C3C(=O)C(=O)N(CCN(C)C)[C@H]3c3ccc(F)cc3)cc2)c1. The Morgan fingerprint density at radius 2 is 1.72 bits per heavy atom. The van der Waals surface area contributed by atoms with Gasteiger partial charge in [0.1, 0.15) is 23.9 Å². The first kappa shape index (κ1) is 25.1. The second-order valence-corrected chi connectivity index (χ2v) is 9.15. The van der Waals surface area contributed by atoms with Gasteiger partial charge in [0.05, 0.1) is 11.6 Å². The summed E-state index contributed by atoms with van der Waals surface area (Å²) in [5, 5.41) is 11.2. The van der Waals surface area contributed by atoms with Crippen LogP contribution in [0.1, 0.15) is 28.3 Å². The predicted octanol–water partition coefficient (Wildman–Crippen LogP) is 4.70. The zero-order valence-corrected chi connectivity index (χ0v) is 20.6. The van der Waals surface area contributed by atoms with Crippen molar-refractivity contribution in [2.45, 2.75) is 19.6 Å². The number of benzene rings is 3. The number of likely N-dealkylation sites (N-methyl/N-ethyl adjacent to an activating group) is 1. The van der Waals surface area contributed by atoms with Crippen molar-refractivity contribution in [2.75, 3.05) is 27.2 Å². The van der Waals surface area contributed by atoms with Gasteiger partial charge in [-0.25, -0.2) is 4.39 Å². The van der Waals surface area contributed by atoms with Crippen LogP contribution >= 0.6 is 0 Å². The van der Waals surface area contributed by atoms with Crippen molar-refractivity contribution < 1.29 is 23.8 Å². The Bertz CT molecular complexity index is 1280. The number of halogens is 1. The maximum absolute atomic E-state index is 13.6. The number of ketones is 1. The largest absolute Gasteiger partial charge is 0.507 e. The van der Waals surface area contributed by atoms with E-state index in [0.717, 1.165) is 11.1 Å². The van der Waals surface area contributed by atoms with Gasteiger partial charge in [-0.3, -0.25) is 9.59 Å². The molecule has 1 N–H and O–H groups in total. The average Bonchev–Trinajstić information content (AvgIpc) is 3.11. The van der Waals surface area contributed by atoms with Crippen molar-refractivity contribution in [1.82, 2.24) is 9.80 Å². The number of likely N-dealkylation sites (tertiary alicyclic amines) is 1. The third-order valence-corrected chi connectivity index (χ3v) is 6.13. The van der Waals surface area contributed by atoms with Crippen LogP contribution in [0.5, 0.6) is 5.75 Å². The Kier molecular flexibility index (Phi) is 7.50. The molecule has 0 unspecified atom stereocenters. The maximum atomic E-state index is 13.6. The van der Waals surface area contributed by atoms with Crippen LogP contribution in [0.25, 0.3) is 5.76 Å². The lowest BCUT2D eigenvalue weighted by Gasteiger charge is -2.26. The Labute approximate surface area is 210 Å². The molecule has 0 bridgehead atoms. The zero-order valence-electron chi connectivity index (χ0n) is 20.6. The Hall–Kier alpha value is -3.97. The summed E-state index contributed by atoms with van der Waals surface area (Å²) >= 11 is 0. The van der Waals surface area contributed by atoms with E-state index in [1.54, 1.807) is 24.3 Å². The van der Waals surface area contributed by atoms with E-state index < -0.39 is 23.5 Å². The molecule has 1 atom stereocenters. The number of hydrogen-bond donors (Lipinski definition) is 1. The van der Waals surface area contributed by atoms with Crippen LogP contribution in [-0.4, -0.2) is 53.8 Å². The molecular formula is C29H29FN2O4. The molecular weight excluding hydrogens is 459 g/mol. The summed E-state index contributed by atoms with van der Waals surface area (Å²) in [5.74, 6) is -1.55. The molecule has 7 heteroatoms. The standard InChI is InChI=1S/C29H29FN2O4/c1-19-5-4-6-20(17-19)18-36-24-13-9-22(10-14-24)27(33)25-26(21-7-11-23(30)12-8-21)32(16-15-31(2)3)29(35)28(25)34/h4-14,17,26,33H,15-16,18H2,1-3H3/t26-/m0/s1. The first-order valence-corrected chi connectivity index (χ1v) is 11.7. The summed E-state index contributed by atoms with van der Waals surface area (Å²) in [5.41, 5.74) is 3.11. The Morgan fingerprint density at radius 1 is 1.03 bits per heavy atom. The normalized spacial score (nSPS) is 17.1. The fraction of sp³-hybridized carbons (Fsp3) is 0.241. The van der Waals surface area contributed by atoms with E-state index in [0.29, 0.717) is 30.0 Å². The van der Waals surface area contributed by atoms with Crippen LogP contribution in [0.4, 0.5) is 4.39 Å². The summed E-state index contributed by atoms with van der Waals surface area (Å²) in [7, 11) is 3.73. The van der Waals surface area contributed by atoms with Gasteiger partial charge in [0, 0.05) is 18.7 Å². The van der Waals surface area contributed by atoms with Gasteiger partial charge in [0.25, 0.3) is 11.7 Å². The highest BCUT2D eigenvalue weighted by Gasteiger charge is 2.45. The minimum Gasteiger partial charge on any atom is -0.507 e. The summed E-state index contributed by atoms with van der Waals surface area (Å²) in [6.45, 7) is 3.22. The van der Waals surface area contributed by atoms with E-state index in [-0.39, 0.29) is 17.9 Å². The third-order valence-electron chi connectivity index (χ3n) is 6.13. The zero-order chi connectivity index (χ0) is 25.8. The van der Waals surface area contributed by atoms with Gasteiger partial charge in [0.15, 0.2) is 0 Å². The van der Waals surface area contributed by atoms with Crippen LogP contribution in [-0.2, 0) is 16.2 Å². The fourth-order valence-electron chi connectivity index (χ4n) is 4.24. The topological polar surface area (TPSA) is 70.1 Å². The molecule has 1 heterocycles. The summed E-state index contributed by atoms with van der Waals surface area (Å²) in [6.07, 6.45) is 0. The Morgan fingerprint density at radius 3 is 2.36 bits per heavy atom. The molecule has 1 aliphatic heterocycles. The summed E-state index contributed by atoms with van der Waals surface area (Å²) in [6, 6.07) is 19.5. The van der Waals surface area contributed by atoms with E-state index in [1.165, 1.54) is 29.2 Å². The number of carbonyl (C=O) groups excluding carboxylic acids is 2. The number of carbonyl (C=O) groups is 2. The van der Waals surface area contributed by atoms with E-state index in [4.69, 9.17) is 4.74 Å². The molecule has 1 fully saturated rings. The molecule has 36 heavy (non-hydrogen) atoms. The molecule has 186 valence electrons. The molecule has 3 aromatic rings. The molecule has 1 amide bonds. The minimum atomic E-state index is -0.817. The molecule has 0 spiro atoms. The van der Waals surface area contributed by atoms with Crippen molar-refractivity contribution in [3.63, 3.8) is 0 Å². The number of Topliss-reactive ketones (excluding diaryl/α,β-unsaturated/α-hetero) is 1. The molecule has 6 nitrogen and oxygen atoms in total. The van der Waals surface area contributed by atoms with E-state index in [1.807, 2.05) is 50.2 Å². The van der Waals surface area contributed by atoms with E-state index in [2.05, 4.69) is 0 Å². The number of rotatable bonds is 8. The number of ether oxygens (including phenoxy) is 1. The lowest BCUT2D eigenvalue weighted by molar-refractivity contribution is -0.140. The van der Waals surface area contributed by atoms with Crippen molar-refractivity contribution in [1.29, 1.82) is 0 Å². The first-order valence-electron chi connectivity index (χ1n) is 11.7. The monoisotopic (exact) mass is 488 g/mol. The van der Waals surface area contributed by atoms with Crippen LogP contribution in [0.2, 0.25) is 0 Å². The number of nitrogens with zero attached hydrogens (tertiary/aromatic N) is 2. The van der Waals surface area contributed by atoms with E-state index >= 15 is 0 Å². The number of amides is 1. The first-order chi connectivity index (χ1) is 17.2. The maximum Gasteiger partial charge on any atom is 0.295 e. The van der Waals surface area contributed by atoms with Gasteiger partial charge < -0.3 is 19.6 Å². The highest BCUT2D eigenvalue weighted by Crippen LogP contribution is 2.39. The second-order valence-electron chi connectivity index (χ2n) is 9.15. The van der Waals surface area contributed by atoms with Crippen LogP contribution < -0.4 is 4.74 Å². The molecule has 0 aromatic heterocycles. The Balaban J connectivity index is 1.64. The summed E-state index contributed by atoms with van der Waals surface area (Å²) in [4.78, 5) is 29.3. The second kappa shape index (κ2) is 10.7. The average molecular weight is 489 g/mol. The number of hydrogen-bond acceptors (Lipinski definition) is 5. The van der Waals surface area contributed by atoms with E-state index in [9.17, 15) is 19.1 Å². The molecule has 4 rings (SSSR count). The molecule has 0 aliphatic carbocycles. The van der Waals surface area contributed by atoms with Crippen molar-refractivity contribution in [3.8, 4) is 5.75 Å². The fourth-order valence-corrected chi connectivity index (χ4v) is 4.24.